The topological polar surface area (TPSA) is 29.5 Å². The zero-order valence-corrected chi connectivity index (χ0v) is 13.0. The second kappa shape index (κ2) is 5.79. The first-order chi connectivity index (χ1) is 9.25. The van der Waals surface area contributed by atoms with Crippen molar-refractivity contribution >= 4 is 28.5 Å². The van der Waals surface area contributed by atoms with E-state index in [1.165, 1.54) is 12.8 Å². The van der Waals surface area contributed by atoms with Crippen LogP contribution in [0.4, 0.5) is 0 Å². The maximum atomic E-state index is 12.7. The average Bonchev–Trinajstić information content (AvgIpc) is 2.46. The molecule has 2 atom stereocenters. The van der Waals surface area contributed by atoms with Crippen LogP contribution in [-0.4, -0.2) is 36.1 Å². The van der Waals surface area contributed by atoms with E-state index >= 15 is 0 Å². The van der Waals surface area contributed by atoms with Crippen molar-refractivity contribution in [1.29, 1.82) is 0 Å². The van der Waals surface area contributed by atoms with Gasteiger partial charge in [0.05, 0.1) is 18.8 Å². The molecule has 3 rings (SSSR count). The van der Waals surface area contributed by atoms with E-state index in [1.807, 2.05) is 29.2 Å². The van der Waals surface area contributed by atoms with Gasteiger partial charge < -0.3 is 9.64 Å². The molecule has 1 aromatic rings. The molecular weight excluding hydrogens is 353 g/mol. The van der Waals surface area contributed by atoms with Gasteiger partial charge in [0.25, 0.3) is 5.91 Å². The number of rotatable bonds is 1. The van der Waals surface area contributed by atoms with Crippen LogP contribution in [0.2, 0.25) is 0 Å². The van der Waals surface area contributed by atoms with Gasteiger partial charge in [-0.25, -0.2) is 0 Å². The smallest absolute Gasteiger partial charge is 0.254 e. The quantitative estimate of drug-likeness (QED) is 0.711. The minimum Gasteiger partial charge on any atom is -0.374 e. The third kappa shape index (κ3) is 2.79. The number of morpholine rings is 1. The number of ether oxygens (including phenoxy) is 1. The third-order valence-electron chi connectivity index (χ3n) is 4.06. The number of amides is 1. The molecule has 19 heavy (non-hydrogen) atoms. The van der Waals surface area contributed by atoms with Crippen molar-refractivity contribution in [3.8, 4) is 0 Å². The molecule has 0 spiro atoms. The molecule has 1 heterocycles. The van der Waals surface area contributed by atoms with E-state index in [0.717, 1.165) is 28.5 Å². The number of fused-ring (bicyclic) bond motifs is 1. The second-order valence-electron chi connectivity index (χ2n) is 5.27. The Morgan fingerprint density at radius 2 is 2.16 bits per heavy atom. The van der Waals surface area contributed by atoms with Crippen molar-refractivity contribution in [2.24, 2.45) is 0 Å². The second-order valence-corrected chi connectivity index (χ2v) is 6.52. The normalized spacial score (nSPS) is 26.9. The van der Waals surface area contributed by atoms with Gasteiger partial charge in [-0.2, -0.15) is 0 Å². The summed E-state index contributed by atoms with van der Waals surface area (Å²) in [5.41, 5.74) is 0.804. The maximum absolute atomic E-state index is 12.7. The van der Waals surface area contributed by atoms with E-state index < -0.39 is 0 Å². The summed E-state index contributed by atoms with van der Waals surface area (Å²) >= 11 is 2.25. The van der Waals surface area contributed by atoms with Gasteiger partial charge in [-0.15, -0.1) is 0 Å². The predicted octanol–water partition coefficient (Wildman–Crippen LogP) is 3.07. The number of halogens is 1. The van der Waals surface area contributed by atoms with Gasteiger partial charge in [-0.3, -0.25) is 4.79 Å². The average molecular weight is 371 g/mol. The van der Waals surface area contributed by atoms with E-state index in [9.17, 15) is 4.79 Å². The van der Waals surface area contributed by atoms with Crippen LogP contribution in [0.1, 0.15) is 36.0 Å². The van der Waals surface area contributed by atoms with Crippen LogP contribution >= 0.6 is 22.6 Å². The van der Waals surface area contributed by atoms with Crippen molar-refractivity contribution in [2.75, 3.05) is 13.2 Å². The molecule has 1 aliphatic carbocycles. The number of hydrogen-bond acceptors (Lipinski definition) is 2. The van der Waals surface area contributed by atoms with Gasteiger partial charge in [0.15, 0.2) is 0 Å². The third-order valence-corrected chi connectivity index (χ3v) is 4.74. The van der Waals surface area contributed by atoms with Crippen LogP contribution in [0.25, 0.3) is 0 Å². The number of carbonyl (C=O) groups is 1. The number of benzene rings is 1. The number of hydrogen-bond donors (Lipinski definition) is 0. The lowest BCUT2D eigenvalue weighted by molar-refractivity contribution is -0.0752. The minimum atomic E-state index is 0.165. The van der Waals surface area contributed by atoms with E-state index in [2.05, 4.69) is 22.6 Å². The van der Waals surface area contributed by atoms with E-state index in [1.54, 1.807) is 0 Å². The monoisotopic (exact) mass is 371 g/mol. The molecule has 0 unspecified atom stereocenters. The van der Waals surface area contributed by atoms with Gasteiger partial charge in [0, 0.05) is 15.7 Å². The lowest BCUT2D eigenvalue weighted by Crippen LogP contribution is -2.54. The number of nitrogens with zero attached hydrogens (tertiary/aromatic N) is 1. The lowest BCUT2D eigenvalue weighted by Gasteiger charge is -2.43. The first kappa shape index (κ1) is 13.4. The Bertz CT molecular complexity index is 475. The fourth-order valence-corrected chi connectivity index (χ4v) is 3.68. The van der Waals surface area contributed by atoms with Crippen LogP contribution in [-0.2, 0) is 4.74 Å². The Balaban J connectivity index is 1.82. The largest absolute Gasteiger partial charge is 0.374 e. The first-order valence-corrected chi connectivity index (χ1v) is 8.02. The summed E-state index contributed by atoms with van der Waals surface area (Å²) in [6.07, 6.45) is 4.88. The molecule has 0 aromatic heterocycles. The summed E-state index contributed by atoms with van der Waals surface area (Å²) in [7, 11) is 0. The molecule has 1 amide bonds. The highest BCUT2D eigenvalue weighted by atomic mass is 127. The van der Waals surface area contributed by atoms with Crippen LogP contribution in [0.3, 0.4) is 0 Å². The number of carbonyl (C=O) groups excluding carboxylic acids is 1. The zero-order valence-electron chi connectivity index (χ0n) is 10.8. The van der Waals surface area contributed by atoms with Crippen molar-refractivity contribution in [3.05, 3.63) is 33.4 Å². The summed E-state index contributed by atoms with van der Waals surface area (Å²) in [5.74, 6) is 0.165. The summed E-state index contributed by atoms with van der Waals surface area (Å²) in [5, 5.41) is 0. The fraction of sp³-hybridized carbons (Fsp3) is 0.533. The van der Waals surface area contributed by atoms with Crippen molar-refractivity contribution in [2.45, 2.75) is 37.8 Å². The Morgan fingerprint density at radius 3 is 3.00 bits per heavy atom. The summed E-state index contributed by atoms with van der Waals surface area (Å²) in [4.78, 5) is 14.7. The predicted molar refractivity (Wildman–Crippen MR) is 82.2 cm³/mol. The van der Waals surface area contributed by atoms with Crippen LogP contribution in [0.5, 0.6) is 0 Å². The molecule has 0 bridgehead atoms. The van der Waals surface area contributed by atoms with E-state index in [4.69, 9.17) is 4.74 Å². The fourth-order valence-electron chi connectivity index (χ4n) is 3.14. The molecule has 4 heteroatoms. The molecule has 0 radical (unpaired) electrons. The van der Waals surface area contributed by atoms with Crippen molar-refractivity contribution in [3.63, 3.8) is 0 Å². The summed E-state index contributed by atoms with van der Waals surface area (Å²) < 4.78 is 6.93. The molecule has 1 aliphatic heterocycles. The lowest BCUT2D eigenvalue weighted by atomic mass is 9.89. The molecule has 1 aromatic carbocycles. The van der Waals surface area contributed by atoms with Gasteiger partial charge in [-0.05, 0) is 53.6 Å². The molecule has 0 N–H and O–H groups in total. The van der Waals surface area contributed by atoms with Crippen LogP contribution < -0.4 is 0 Å². The summed E-state index contributed by atoms with van der Waals surface area (Å²) in [6, 6.07) is 8.13. The van der Waals surface area contributed by atoms with Crippen LogP contribution in [0.15, 0.2) is 24.3 Å². The van der Waals surface area contributed by atoms with E-state index in [-0.39, 0.29) is 18.1 Å². The first-order valence-electron chi connectivity index (χ1n) is 6.94. The maximum Gasteiger partial charge on any atom is 0.254 e. The van der Waals surface area contributed by atoms with E-state index in [0.29, 0.717) is 6.61 Å². The Kier molecular flexibility index (Phi) is 4.07. The molecule has 3 nitrogen and oxygen atoms in total. The van der Waals surface area contributed by atoms with Gasteiger partial charge in [0.2, 0.25) is 0 Å². The molecule has 1 saturated heterocycles. The van der Waals surface area contributed by atoms with Gasteiger partial charge >= 0.3 is 0 Å². The standard InChI is InChI=1S/C15H18INO2/c16-12-5-3-4-11(10-12)15(18)17-8-9-19-14-7-2-1-6-13(14)17/h3-5,10,13-14H,1-2,6-9H2/t13-,14+/m1/s1. The van der Waals surface area contributed by atoms with Gasteiger partial charge in [-0.1, -0.05) is 18.9 Å². The molecule has 1 saturated carbocycles. The Morgan fingerprint density at radius 1 is 1.32 bits per heavy atom. The van der Waals surface area contributed by atoms with Crippen molar-refractivity contribution in [1.82, 2.24) is 4.90 Å². The molecule has 2 aliphatic rings. The highest BCUT2D eigenvalue weighted by molar-refractivity contribution is 14.1. The molecular formula is C15H18INO2. The van der Waals surface area contributed by atoms with Crippen molar-refractivity contribution < 1.29 is 9.53 Å². The molecule has 102 valence electrons. The minimum absolute atomic E-state index is 0.165. The highest BCUT2D eigenvalue weighted by Crippen LogP contribution is 2.29. The summed E-state index contributed by atoms with van der Waals surface area (Å²) in [6.45, 7) is 1.41. The zero-order chi connectivity index (χ0) is 13.2. The SMILES string of the molecule is O=C(c1cccc(I)c1)N1CCO[C@H]2CCCC[C@H]21. The van der Waals surface area contributed by atoms with Crippen LogP contribution in [0, 0.1) is 3.57 Å². The highest BCUT2D eigenvalue weighted by Gasteiger charge is 2.36. The molecule has 2 fully saturated rings. The Labute approximate surface area is 127 Å². The Hall–Kier alpha value is -0.620. The van der Waals surface area contributed by atoms with Gasteiger partial charge in [0.1, 0.15) is 0 Å².